The van der Waals surface area contributed by atoms with E-state index in [1.807, 2.05) is 44.2 Å². The summed E-state index contributed by atoms with van der Waals surface area (Å²) in [5, 5.41) is 0. The van der Waals surface area contributed by atoms with E-state index in [4.69, 9.17) is 4.74 Å². The van der Waals surface area contributed by atoms with Crippen LogP contribution in [-0.2, 0) is 9.53 Å². The molecule has 0 radical (unpaired) electrons. The lowest BCUT2D eigenvalue weighted by atomic mass is 10.1. The van der Waals surface area contributed by atoms with Crippen molar-refractivity contribution in [2.45, 2.75) is 32.8 Å². The van der Waals surface area contributed by atoms with Crippen molar-refractivity contribution in [3.8, 4) is 0 Å². The van der Waals surface area contributed by atoms with Crippen LogP contribution in [0, 0.1) is 13.8 Å². The zero-order valence-electron chi connectivity index (χ0n) is 16.6. The zero-order valence-corrected chi connectivity index (χ0v) is 16.6. The van der Waals surface area contributed by atoms with E-state index in [1.54, 1.807) is 23.1 Å². The summed E-state index contributed by atoms with van der Waals surface area (Å²) in [7, 11) is 0. The van der Waals surface area contributed by atoms with E-state index in [0.717, 1.165) is 29.7 Å². The van der Waals surface area contributed by atoms with Crippen LogP contribution in [0.15, 0.2) is 48.5 Å². The molecule has 1 aliphatic heterocycles. The number of ether oxygens (including phenoxy) is 1. The molecule has 2 heterocycles. The lowest BCUT2D eigenvalue weighted by Gasteiger charge is -2.23. The molecule has 1 saturated heterocycles. The highest BCUT2D eigenvalue weighted by atomic mass is 16.5. The van der Waals surface area contributed by atoms with E-state index in [-0.39, 0.29) is 5.91 Å². The molecule has 0 bridgehead atoms. The Morgan fingerprint density at radius 2 is 1.59 bits per heavy atom. The maximum atomic E-state index is 13.0. The van der Waals surface area contributed by atoms with Crippen molar-refractivity contribution >= 4 is 22.9 Å². The van der Waals surface area contributed by atoms with Crippen molar-refractivity contribution in [1.82, 2.24) is 14.9 Å². The number of aromatic nitrogens is 2. The van der Waals surface area contributed by atoms with Crippen LogP contribution in [0.3, 0.4) is 0 Å². The summed E-state index contributed by atoms with van der Waals surface area (Å²) >= 11 is 0. The van der Waals surface area contributed by atoms with Gasteiger partial charge in [0, 0.05) is 18.7 Å². The molecule has 0 unspecified atom stereocenters. The molecule has 1 aromatic heterocycles. The fourth-order valence-corrected chi connectivity index (χ4v) is 3.52. The normalized spacial score (nSPS) is 14.8. The Morgan fingerprint density at radius 3 is 2.28 bits per heavy atom. The zero-order chi connectivity index (χ0) is 20.4. The van der Waals surface area contributed by atoms with E-state index < -0.39 is 12.1 Å². The first-order chi connectivity index (χ1) is 14.0. The number of carbonyl (C=O) groups excluding carboxylic acids is 2. The molecular weight excluding hydrogens is 366 g/mol. The van der Waals surface area contributed by atoms with Gasteiger partial charge in [-0.05, 0) is 44.9 Å². The van der Waals surface area contributed by atoms with Crippen molar-refractivity contribution in [3.63, 3.8) is 0 Å². The van der Waals surface area contributed by atoms with Crippen molar-refractivity contribution in [2.24, 2.45) is 0 Å². The fourth-order valence-electron chi connectivity index (χ4n) is 3.52. The molecule has 6 nitrogen and oxygen atoms in total. The van der Waals surface area contributed by atoms with E-state index >= 15 is 0 Å². The fraction of sp³-hybridized carbons (Fsp3) is 0.304. The summed E-state index contributed by atoms with van der Waals surface area (Å²) in [6.07, 6.45) is 0.996. The second-order valence-electron chi connectivity index (χ2n) is 7.33. The van der Waals surface area contributed by atoms with E-state index in [2.05, 4.69) is 9.97 Å². The van der Waals surface area contributed by atoms with Gasteiger partial charge in [0.2, 0.25) is 6.10 Å². The Balaban J connectivity index is 1.63. The van der Waals surface area contributed by atoms with Crippen molar-refractivity contribution < 1.29 is 14.3 Å². The molecule has 0 saturated carbocycles. The SMILES string of the molecule is Cc1nc2ccc(C(=O)O[C@H](C(=O)N3CCCC3)c3ccccc3)cc2nc1C. The largest absolute Gasteiger partial charge is 0.444 e. The van der Waals surface area contributed by atoms with Crippen molar-refractivity contribution in [2.75, 3.05) is 13.1 Å². The molecule has 3 aromatic rings. The van der Waals surface area contributed by atoms with Gasteiger partial charge < -0.3 is 9.64 Å². The number of nitrogens with zero attached hydrogens (tertiary/aromatic N) is 3. The molecular formula is C23H23N3O3. The van der Waals surface area contributed by atoms with Crippen LogP contribution in [0.4, 0.5) is 0 Å². The number of likely N-dealkylation sites (tertiary alicyclic amines) is 1. The van der Waals surface area contributed by atoms with Gasteiger partial charge in [0.25, 0.3) is 5.91 Å². The number of benzene rings is 2. The number of rotatable bonds is 4. The third kappa shape index (κ3) is 3.97. The second kappa shape index (κ2) is 7.99. The highest BCUT2D eigenvalue weighted by Gasteiger charge is 2.31. The summed E-state index contributed by atoms with van der Waals surface area (Å²) in [6, 6.07) is 14.2. The first-order valence-corrected chi connectivity index (χ1v) is 9.82. The number of hydrogen-bond donors (Lipinski definition) is 0. The third-order valence-electron chi connectivity index (χ3n) is 5.28. The van der Waals surface area contributed by atoms with E-state index in [1.165, 1.54) is 0 Å². The van der Waals surface area contributed by atoms with Gasteiger partial charge in [-0.1, -0.05) is 30.3 Å². The van der Waals surface area contributed by atoms with Crippen LogP contribution in [0.1, 0.15) is 46.3 Å². The molecule has 2 aromatic carbocycles. The molecule has 1 atom stereocenters. The Bertz CT molecular complexity index is 1060. The predicted octanol–water partition coefficient (Wildman–Crippen LogP) is 3.77. The number of fused-ring (bicyclic) bond motifs is 1. The van der Waals surface area contributed by atoms with Gasteiger partial charge in [0.1, 0.15) is 0 Å². The molecule has 4 rings (SSSR count). The first-order valence-electron chi connectivity index (χ1n) is 9.82. The summed E-state index contributed by atoms with van der Waals surface area (Å²) < 4.78 is 5.72. The molecule has 1 amide bonds. The van der Waals surface area contributed by atoms with Crippen LogP contribution in [0.25, 0.3) is 11.0 Å². The van der Waals surface area contributed by atoms with Gasteiger partial charge in [0.15, 0.2) is 0 Å². The first kappa shape index (κ1) is 19.1. The van der Waals surface area contributed by atoms with Gasteiger partial charge in [-0.15, -0.1) is 0 Å². The van der Waals surface area contributed by atoms with E-state index in [9.17, 15) is 9.59 Å². The molecule has 29 heavy (non-hydrogen) atoms. The van der Waals surface area contributed by atoms with Gasteiger partial charge >= 0.3 is 5.97 Å². The molecule has 0 spiro atoms. The topological polar surface area (TPSA) is 72.4 Å². The van der Waals surface area contributed by atoms with Gasteiger partial charge in [-0.25, -0.2) is 14.8 Å². The third-order valence-corrected chi connectivity index (χ3v) is 5.28. The van der Waals surface area contributed by atoms with Crippen LogP contribution < -0.4 is 0 Å². The summed E-state index contributed by atoms with van der Waals surface area (Å²) in [5.41, 5.74) is 4.04. The lowest BCUT2D eigenvalue weighted by molar-refractivity contribution is -0.140. The number of aryl methyl sites for hydroxylation is 2. The highest BCUT2D eigenvalue weighted by molar-refractivity contribution is 5.95. The molecule has 0 aliphatic carbocycles. The summed E-state index contributed by atoms with van der Waals surface area (Å²) in [6.45, 7) is 5.18. The second-order valence-corrected chi connectivity index (χ2v) is 7.33. The van der Waals surface area contributed by atoms with E-state index in [0.29, 0.717) is 29.7 Å². The van der Waals surface area contributed by atoms with Crippen LogP contribution >= 0.6 is 0 Å². The molecule has 148 valence electrons. The number of amides is 1. The van der Waals surface area contributed by atoms with Gasteiger partial charge in [-0.2, -0.15) is 0 Å². The number of hydrogen-bond acceptors (Lipinski definition) is 5. The van der Waals surface area contributed by atoms with Gasteiger partial charge in [-0.3, -0.25) is 4.79 Å². The summed E-state index contributed by atoms with van der Waals surface area (Å²) in [5.74, 6) is -0.720. The Morgan fingerprint density at radius 1 is 0.931 bits per heavy atom. The molecule has 0 N–H and O–H groups in total. The standard InChI is InChI=1S/C23H23N3O3/c1-15-16(2)25-20-14-18(10-11-19(20)24-15)23(28)29-21(17-8-4-3-5-9-17)22(27)26-12-6-7-13-26/h3-5,8-11,14,21H,6-7,12-13H2,1-2H3/t21-/m0/s1. The Labute approximate surface area is 169 Å². The number of carbonyl (C=O) groups is 2. The minimum atomic E-state index is -0.955. The van der Waals surface area contributed by atoms with Crippen LogP contribution in [-0.4, -0.2) is 39.8 Å². The quantitative estimate of drug-likeness (QED) is 0.635. The van der Waals surface area contributed by atoms with Crippen molar-refractivity contribution in [1.29, 1.82) is 0 Å². The smallest absolute Gasteiger partial charge is 0.339 e. The molecule has 1 fully saturated rings. The van der Waals surface area contributed by atoms with Gasteiger partial charge in [0.05, 0.1) is 28.0 Å². The van der Waals surface area contributed by atoms with Crippen LogP contribution in [0.2, 0.25) is 0 Å². The monoisotopic (exact) mass is 389 g/mol. The predicted molar refractivity (Wildman–Crippen MR) is 109 cm³/mol. The number of esters is 1. The molecule has 6 heteroatoms. The maximum Gasteiger partial charge on any atom is 0.339 e. The Kier molecular flexibility index (Phi) is 5.25. The van der Waals surface area contributed by atoms with Crippen molar-refractivity contribution in [3.05, 3.63) is 71.0 Å². The maximum absolute atomic E-state index is 13.0. The minimum Gasteiger partial charge on any atom is -0.444 e. The molecule has 1 aliphatic rings. The lowest BCUT2D eigenvalue weighted by Crippen LogP contribution is -2.34. The van der Waals surface area contributed by atoms with Crippen LogP contribution in [0.5, 0.6) is 0 Å². The Hall–Kier alpha value is -3.28. The average molecular weight is 389 g/mol. The average Bonchev–Trinajstić information content (AvgIpc) is 3.27. The highest BCUT2D eigenvalue weighted by Crippen LogP contribution is 2.25. The minimum absolute atomic E-state index is 0.172. The summed E-state index contributed by atoms with van der Waals surface area (Å²) in [4.78, 5) is 36.7.